The summed E-state index contributed by atoms with van der Waals surface area (Å²) in [5.74, 6) is 2.31. The third kappa shape index (κ3) is 5.14. The van der Waals surface area contributed by atoms with Gasteiger partial charge in [-0.25, -0.2) is 0 Å². The van der Waals surface area contributed by atoms with E-state index in [1.807, 2.05) is 49.4 Å². The predicted octanol–water partition coefficient (Wildman–Crippen LogP) is 3.52. The van der Waals surface area contributed by atoms with Gasteiger partial charge >= 0.3 is 0 Å². The van der Waals surface area contributed by atoms with Crippen LogP contribution in [0.15, 0.2) is 42.5 Å². The molecule has 0 saturated carbocycles. The molecule has 0 heterocycles. The van der Waals surface area contributed by atoms with Crippen molar-refractivity contribution in [3.05, 3.63) is 53.6 Å². The van der Waals surface area contributed by atoms with Gasteiger partial charge in [0.05, 0.1) is 21.3 Å². The van der Waals surface area contributed by atoms with E-state index in [9.17, 15) is 4.79 Å². The van der Waals surface area contributed by atoms with Crippen LogP contribution in [0.2, 0.25) is 0 Å². The molecule has 134 valence electrons. The Labute approximate surface area is 148 Å². The lowest BCUT2D eigenvalue weighted by Crippen LogP contribution is -2.24. The van der Waals surface area contributed by atoms with Gasteiger partial charge in [0.1, 0.15) is 17.2 Å². The van der Waals surface area contributed by atoms with Crippen molar-refractivity contribution in [2.75, 3.05) is 21.3 Å². The van der Waals surface area contributed by atoms with Gasteiger partial charge in [0, 0.05) is 19.0 Å². The Morgan fingerprint density at radius 3 is 2.20 bits per heavy atom. The Bertz CT molecular complexity index is 697. The highest BCUT2D eigenvalue weighted by Gasteiger charge is 2.16. The molecule has 1 amide bonds. The lowest BCUT2D eigenvalue weighted by atomic mass is 9.96. The number of carbonyl (C=O) groups is 1. The van der Waals surface area contributed by atoms with Crippen LogP contribution in [0.4, 0.5) is 0 Å². The Balaban J connectivity index is 1.93. The van der Waals surface area contributed by atoms with E-state index in [-0.39, 0.29) is 11.8 Å². The fourth-order valence-electron chi connectivity index (χ4n) is 2.63. The van der Waals surface area contributed by atoms with Crippen LogP contribution in [0.3, 0.4) is 0 Å². The predicted molar refractivity (Wildman–Crippen MR) is 97.4 cm³/mol. The number of rotatable bonds is 8. The van der Waals surface area contributed by atoms with Crippen LogP contribution in [0, 0.1) is 0 Å². The van der Waals surface area contributed by atoms with Crippen molar-refractivity contribution in [3.63, 3.8) is 0 Å². The zero-order valence-corrected chi connectivity index (χ0v) is 15.2. The minimum absolute atomic E-state index is 0.00110. The van der Waals surface area contributed by atoms with Gasteiger partial charge in [0.15, 0.2) is 0 Å². The Kier molecular flexibility index (Phi) is 6.69. The molecule has 0 aliphatic carbocycles. The summed E-state index contributed by atoms with van der Waals surface area (Å²) in [6.45, 7) is 2.51. The molecule has 5 heteroatoms. The van der Waals surface area contributed by atoms with E-state index >= 15 is 0 Å². The first-order valence-corrected chi connectivity index (χ1v) is 8.19. The van der Waals surface area contributed by atoms with Gasteiger partial charge in [-0.15, -0.1) is 0 Å². The van der Waals surface area contributed by atoms with Gasteiger partial charge in [0.25, 0.3) is 0 Å². The van der Waals surface area contributed by atoms with E-state index in [2.05, 4.69) is 5.32 Å². The molecule has 0 spiro atoms. The van der Waals surface area contributed by atoms with Crippen LogP contribution < -0.4 is 19.5 Å². The van der Waals surface area contributed by atoms with Crippen molar-refractivity contribution in [2.24, 2.45) is 0 Å². The van der Waals surface area contributed by atoms with E-state index in [0.29, 0.717) is 13.0 Å². The van der Waals surface area contributed by atoms with E-state index in [0.717, 1.165) is 28.4 Å². The molecule has 0 aromatic heterocycles. The summed E-state index contributed by atoms with van der Waals surface area (Å²) in [4.78, 5) is 12.2. The third-order valence-corrected chi connectivity index (χ3v) is 4.11. The summed E-state index contributed by atoms with van der Waals surface area (Å²) in [7, 11) is 4.87. The molecular weight excluding hydrogens is 318 g/mol. The number of benzene rings is 2. The van der Waals surface area contributed by atoms with Crippen molar-refractivity contribution >= 4 is 5.91 Å². The molecular formula is C20H25NO4. The van der Waals surface area contributed by atoms with Crippen LogP contribution in [-0.2, 0) is 11.3 Å². The normalized spacial score (nSPS) is 11.5. The first-order chi connectivity index (χ1) is 12.1. The average molecular weight is 343 g/mol. The maximum atomic E-state index is 12.2. The highest BCUT2D eigenvalue weighted by Crippen LogP contribution is 2.32. The molecule has 0 fully saturated rings. The van der Waals surface area contributed by atoms with Gasteiger partial charge in [-0.2, -0.15) is 0 Å². The van der Waals surface area contributed by atoms with Crippen molar-refractivity contribution in [1.82, 2.24) is 5.32 Å². The molecule has 25 heavy (non-hydrogen) atoms. The summed E-state index contributed by atoms with van der Waals surface area (Å²) in [6.07, 6.45) is 0.388. The molecule has 0 radical (unpaired) electrons. The molecule has 2 aromatic rings. The number of methoxy groups -OCH3 is 3. The van der Waals surface area contributed by atoms with E-state index in [1.54, 1.807) is 21.3 Å². The van der Waals surface area contributed by atoms with Gasteiger partial charge < -0.3 is 19.5 Å². The second kappa shape index (κ2) is 8.97. The second-order valence-electron chi connectivity index (χ2n) is 5.84. The molecule has 2 aromatic carbocycles. The lowest BCUT2D eigenvalue weighted by Gasteiger charge is -2.16. The molecule has 0 aliphatic rings. The van der Waals surface area contributed by atoms with Crippen LogP contribution in [0.1, 0.15) is 30.4 Å². The number of amides is 1. The zero-order chi connectivity index (χ0) is 18.2. The van der Waals surface area contributed by atoms with Gasteiger partial charge in [-0.3, -0.25) is 4.79 Å². The fraction of sp³-hybridized carbons (Fsp3) is 0.350. The molecule has 5 nitrogen and oxygen atoms in total. The summed E-state index contributed by atoms with van der Waals surface area (Å²) in [6, 6.07) is 13.3. The monoisotopic (exact) mass is 343 g/mol. The number of ether oxygens (including phenoxy) is 3. The lowest BCUT2D eigenvalue weighted by molar-refractivity contribution is -0.121. The van der Waals surface area contributed by atoms with E-state index in [4.69, 9.17) is 14.2 Å². The zero-order valence-electron chi connectivity index (χ0n) is 15.2. The van der Waals surface area contributed by atoms with E-state index < -0.39 is 0 Å². The molecule has 1 unspecified atom stereocenters. The molecule has 1 N–H and O–H groups in total. The molecule has 0 bridgehead atoms. The SMILES string of the molecule is COc1ccc(CNC(=O)CC(C)c2ccc(OC)cc2OC)cc1. The molecule has 0 saturated heterocycles. The van der Waals surface area contributed by atoms with Crippen molar-refractivity contribution < 1.29 is 19.0 Å². The minimum atomic E-state index is 0.00110. The summed E-state index contributed by atoms with van der Waals surface area (Å²) in [5, 5.41) is 2.95. The average Bonchev–Trinajstić information content (AvgIpc) is 2.66. The maximum absolute atomic E-state index is 12.2. The second-order valence-corrected chi connectivity index (χ2v) is 5.84. The Hall–Kier alpha value is -2.69. The smallest absolute Gasteiger partial charge is 0.220 e. The van der Waals surface area contributed by atoms with Crippen molar-refractivity contribution in [1.29, 1.82) is 0 Å². The summed E-state index contributed by atoms with van der Waals surface area (Å²) >= 11 is 0. The number of hydrogen-bond acceptors (Lipinski definition) is 4. The number of carbonyl (C=O) groups excluding carboxylic acids is 1. The number of hydrogen-bond donors (Lipinski definition) is 1. The molecule has 2 rings (SSSR count). The quantitative estimate of drug-likeness (QED) is 0.797. The molecule has 1 atom stereocenters. The van der Waals surface area contributed by atoms with Crippen LogP contribution in [0.5, 0.6) is 17.2 Å². The van der Waals surface area contributed by atoms with Crippen LogP contribution in [-0.4, -0.2) is 27.2 Å². The first kappa shape index (κ1) is 18.6. The fourth-order valence-corrected chi connectivity index (χ4v) is 2.63. The summed E-state index contributed by atoms with van der Waals surface area (Å²) < 4.78 is 15.8. The van der Waals surface area contributed by atoms with Gasteiger partial charge in [0.2, 0.25) is 5.91 Å². The largest absolute Gasteiger partial charge is 0.497 e. The third-order valence-electron chi connectivity index (χ3n) is 4.11. The Morgan fingerprint density at radius 2 is 1.60 bits per heavy atom. The Morgan fingerprint density at radius 1 is 0.960 bits per heavy atom. The highest BCUT2D eigenvalue weighted by atomic mass is 16.5. The highest BCUT2D eigenvalue weighted by molar-refractivity contribution is 5.77. The molecule has 0 aliphatic heterocycles. The maximum Gasteiger partial charge on any atom is 0.220 e. The number of nitrogens with one attached hydrogen (secondary N) is 1. The van der Waals surface area contributed by atoms with Crippen LogP contribution in [0.25, 0.3) is 0 Å². The van der Waals surface area contributed by atoms with Crippen LogP contribution >= 0.6 is 0 Å². The minimum Gasteiger partial charge on any atom is -0.497 e. The summed E-state index contributed by atoms with van der Waals surface area (Å²) in [5.41, 5.74) is 2.02. The standard InChI is InChI=1S/C20H25NO4/c1-14(18-10-9-17(24-3)12-19(18)25-4)11-20(22)21-13-15-5-7-16(23-2)8-6-15/h5-10,12,14H,11,13H2,1-4H3,(H,21,22). The first-order valence-electron chi connectivity index (χ1n) is 8.19. The van der Waals surface area contributed by atoms with Crippen molar-refractivity contribution in [3.8, 4) is 17.2 Å². The van der Waals surface area contributed by atoms with E-state index in [1.165, 1.54) is 0 Å². The topological polar surface area (TPSA) is 56.8 Å². The van der Waals surface area contributed by atoms with Gasteiger partial charge in [-0.1, -0.05) is 25.1 Å². The van der Waals surface area contributed by atoms with Crippen molar-refractivity contribution in [2.45, 2.75) is 25.8 Å². The van der Waals surface area contributed by atoms with Gasteiger partial charge in [-0.05, 0) is 35.2 Å².